The molecule has 0 saturated heterocycles. The highest BCUT2D eigenvalue weighted by atomic mass is 35.5. The number of hydrogen-bond donors (Lipinski definition) is 1. The van der Waals surface area contributed by atoms with Gasteiger partial charge in [0.05, 0.1) is 10.8 Å². The first-order chi connectivity index (χ1) is 15.3. The summed E-state index contributed by atoms with van der Waals surface area (Å²) in [5.74, 6) is 0.476. The number of rotatable bonds is 9. The quantitative estimate of drug-likeness (QED) is 0.316. The smallest absolute Gasteiger partial charge is 0.234 e. The Morgan fingerprint density at radius 2 is 2.12 bits per heavy atom. The zero-order valence-electron chi connectivity index (χ0n) is 18.1. The molecule has 32 heavy (non-hydrogen) atoms. The number of ether oxygens (including phenoxy) is 1. The Morgan fingerprint density at radius 3 is 2.84 bits per heavy atom. The number of anilines is 1. The highest BCUT2D eigenvalue weighted by Crippen LogP contribution is 2.30. The normalized spacial score (nSPS) is 11.8. The third kappa shape index (κ3) is 5.69. The van der Waals surface area contributed by atoms with Crippen molar-refractivity contribution in [3.05, 3.63) is 76.8 Å². The average molecular weight is 475 g/mol. The maximum absolute atomic E-state index is 13.3. The van der Waals surface area contributed by atoms with Crippen LogP contribution in [0.4, 0.5) is 10.1 Å². The molecule has 0 spiro atoms. The number of aryl methyl sites for hydroxylation is 1. The number of amides is 1. The van der Waals surface area contributed by atoms with Gasteiger partial charge in [0.25, 0.3) is 0 Å². The van der Waals surface area contributed by atoms with E-state index in [2.05, 4.69) is 22.1 Å². The molecule has 0 fully saturated rings. The molecule has 3 aromatic rings. The van der Waals surface area contributed by atoms with Gasteiger partial charge in [-0.2, -0.15) is 0 Å². The van der Waals surface area contributed by atoms with Gasteiger partial charge in [-0.25, -0.2) is 4.39 Å². The highest BCUT2D eigenvalue weighted by Gasteiger charge is 2.21. The number of allylic oxidation sites excluding steroid dienone is 1. The van der Waals surface area contributed by atoms with Crippen LogP contribution >= 0.6 is 23.4 Å². The molecule has 9 heteroatoms. The number of halogens is 2. The van der Waals surface area contributed by atoms with Gasteiger partial charge >= 0.3 is 0 Å². The molecule has 1 amide bonds. The van der Waals surface area contributed by atoms with Crippen molar-refractivity contribution >= 4 is 35.0 Å². The van der Waals surface area contributed by atoms with Crippen molar-refractivity contribution < 1.29 is 13.9 Å². The Labute approximate surface area is 195 Å². The van der Waals surface area contributed by atoms with E-state index in [-0.39, 0.29) is 16.7 Å². The van der Waals surface area contributed by atoms with E-state index >= 15 is 0 Å². The standard InChI is InChI=1S/C23H24ClFN4O2S/c1-5-11-29-22(16(4)31-20-10-9-17(25)12-18(20)24)27-28-23(29)32-13-21(30)26-19-8-6-7-14(2)15(19)3/h5-10,12,16H,1,11,13H2,2-4H3,(H,26,30). The van der Waals surface area contributed by atoms with E-state index in [0.29, 0.717) is 23.3 Å². The van der Waals surface area contributed by atoms with E-state index in [1.165, 1.54) is 30.0 Å². The van der Waals surface area contributed by atoms with Crippen LogP contribution in [0.2, 0.25) is 5.02 Å². The molecule has 1 unspecified atom stereocenters. The van der Waals surface area contributed by atoms with Crippen molar-refractivity contribution in [1.82, 2.24) is 14.8 Å². The first-order valence-electron chi connectivity index (χ1n) is 9.94. The van der Waals surface area contributed by atoms with Crippen LogP contribution in [0.15, 0.2) is 54.2 Å². The summed E-state index contributed by atoms with van der Waals surface area (Å²) < 4.78 is 21.0. The fourth-order valence-electron chi connectivity index (χ4n) is 3.03. The molecule has 0 radical (unpaired) electrons. The minimum Gasteiger partial charge on any atom is -0.481 e. The second-order valence-corrected chi connectivity index (χ2v) is 8.51. The van der Waals surface area contributed by atoms with Gasteiger partial charge in [0.1, 0.15) is 11.6 Å². The largest absolute Gasteiger partial charge is 0.481 e. The Morgan fingerprint density at radius 1 is 1.34 bits per heavy atom. The lowest BCUT2D eigenvalue weighted by Gasteiger charge is -2.16. The summed E-state index contributed by atoms with van der Waals surface area (Å²) in [4.78, 5) is 12.5. The third-order valence-electron chi connectivity index (χ3n) is 4.83. The molecule has 6 nitrogen and oxygen atoms in total. The Hall–Kier alpha value is -2.84. The molecule has 0 aliphatic carbocycles. The SMILES string of the molecule is C=CCn1c(SCC(=O)Nc2cccc(C)c2C)nnc1C(C)Oc1ccc(F)cc1Cl. The number of hydrogen-bond acceptors (Lipinski definition) is 5. The maximum Gasteiger partial charge on any atom is 0.234 e. The first-order valence-corrected chi connectivity index (χ1v) is 11.3. The van der Waals surface area contributed by atoms with Gasteiger partial charge in [-0.05, 0) is 56.2 Å². The van der Waals surface area contributed by atoms with Gasteiger partial charge in [-0.15, -0.1) is 16.8 Å². The number of benzene rings is 2. The van der Waals surface area contributed by atoms with Crippen molar-refractivity contribution in [2.75, 3.05) is 11.1 Å². The van der Waals surface area contributed by atoms with E-state index in [4.69, 9.17) is 16.3 Å². The summed E-state index contributed by atoms with van der Waals surface area (Å²) in [6, 6.07) is 9.72. The summed E-state index contributed by atoms with van der Waals surface area (Å²) in [6.45, 7) is 9.99. The van der Waals surface area contributed by atoms with Crippen LogP contribution in [0.5, 0.6) is 5.75 Å². The van der Waals surface area contributed by atoms with Crippen LogP contribution in [-0.4, -0.2) is 26.4 Å². The van der Waals surface area contributed by atoms with Crippen LogP contribution in [0.1, 0.15) is 30.0 Å². The number of carbonyl (C=O) groups is 1. The molecule has 3 rings (SSSR count). The van der Waals surface area contributed by atoms with Gasteiger partial charge in [0.2, 0.25) is 5.91 Å². The number of nitrogens with one attached hydrogen (secondary N) is 1. The number of aromatic nitrogens is 3. The van der Waals surface area contributed by atoms with E-state index in [1.807, 2.05) is 36.6 Å². The molecule has 1 N–H and O–H groups in total. The zero-order valence-corrected chi connectivity index (χ0v) is 19.6. The van der Waals surface area contributed by atoms with Gasteiger partial charge < -0.3 is 10.1 Å². The monoisotopic (exact) mass is 474 g/mol. The minimum absolute atomic E-state index is 0.138. The third-order valence-corrected chi connectivity index (χ3v) is 6.09. The minimum atomic E-state index is -0.511. The van der Waals surface area contributed by atoms with Crippen molar-refractivity contribution in [1.29, 1.82) is 0 Å². The predicted molar refractivity (Wildman–Crippen MR) is 126 cm³/mol. The van der Waals surface area contributed by atoms with Gasteiger partial charge in [0.15, 0.2) is 17.1 Å². The van der Waals surface area contributed by atoms with E-state index in [0.717, 1.165) is 16.8 Å². The summed E-state index contributed by atoms with van der Waals surface area (Å²) in [6.07, 6.45) is 1.20. The molecule has 0 aliphatic rings. The first kappa shape index (κ1) is 23.8. The van der Waals surface area contributed by atoms with Crippen molar-refractivity contribution in [3.8, 4) is 5.75 Å². The van der Waals surface area contributed by atoms with Crippen molar-refractivity contribution in [3.63, 3.8) is 0 Å². The molecule has 2 aromatic carbocycles. The van der Waals surface area contributed by atoms with Crippen molar-refractivity contribution in [2.45, 2.75) is 38.6 Å². The molecule has 1 heterocycles. The highest BCUT2D eigenvalue weighted by molar-refractivity contribution is 7.99. The fraction of sp³-hybridized carbons (Fsp3) is 0.261. The zero-order chi connectivity index (χ0) is 23.3. The van der Waals surface area contributed by atoms with E-state index in [9.17, 15) is 9.18 Å². The second-order valence-electron chi connectivity index (χ2n) is 7.16. The van der Waals surface area contributed by atoms with Crippen LogP contribution < -0.4 is 10.1 Å². The fourth-order valence-corrected chi connectivity index (χ4v) is 3.99. The lowest BCUT2D eigenvalue weighted by atomic mass is 10.1. The molecule has 0 saturated carbocycles. The topological polar surface area (TPSA) is 69.0 Å². The molecule has 0 bridgehead atoms. The molecule has 168 valence electrons. The summed E-state index contributed by atoms with van der Waals surface area (Å²) in [5, 5.41) is 12.1. The molecule has 1 aromatic heterocycles. The van der Waals surface area contributed by atoms with Gasteiger partial charge in [-0.3, -0.25) is 9.36 Å². The lowest BCUT2D eigenvalue weighted by molar-refractivity contribution is -0.113. The molecular weight excluding hydrogens is 451 g/mol. The summed E-state index contributed by atoms with van der Waals surface area (Å²) >= 11 is 7.34. The van der Waals surface area contributed by atoms with Crippen LogP contribution in [-0.2, 0) is 11.3 Å². The van der Waals surface area contributed by atoms with E-state index in [1.54, 1.807) is 13.0 Å². The number of carbonyl (C=O) groups excluding carboxylic acids is 1. The Balaban J connectivity index is 1.70. The molecule has 1 atom stereocenters. The molecule has 0 aliphatic heterocycles. The van der Waals surface area contributed by atoms with E-state index < -0.39 is 11.9 Å². The maximum atomic E-state index is 13.3. The molecular formula is C23H24ClFN4O2S. The number of thioether (sulfide) groups is 1. The Bertz CT molecular complexity index is 1140. The second kappa shape index (κ2) is 10.7. The van der Waals surface area contributed by atoms with Gasteiger partial charge in [0, 0.05) is 12.2 Å². The predicted octanol–water partition coefficient (Wildman–Crippen LogP) is 5.74. The summed E-state index contributed by atoms with van der Waals surface area (Å²) in [5.41, 5.74) is 2.94. The van der Waals surface area contributed by atoms with Crippen LogP contribution in [0.25, 0.3) is 0 Å². The van der Waals surface area contributed by atoms with Crippen LogP contribution in [0.3, 0.4) is 0 Å². The Kier molecular flexibility index (Phi) is 7.93. The lowest BCUT2D eigenvalue weighted by Crippen LogP contribution is -2.16. The summed E-state index contributed by atoms with van der Waals surface area (Å²) in [7, 11) is 0. The van der Waals surface area contributed by atoms with Gasteiger partial charge in [-0.1, -0.05) is 41.6 Å². The van der Waals surface area contributed by atoms with Crippen molar-refractivity contribution in [2.24, 2.45) is 0 Å². The van der Waals surface area contributed by atoms with Crippen LogP contribution in [0, 0.1) is 19.7 Å². The number of nitrogens with zero attached hydrogens (tertiary/aromatic N) is 3. The average Bonchev–Trinajstić information content (AvgIpc) is 3.15.